The van der Waals surface area contributed by atoms with E-state index in [0.717, 1.165) is 5.56 Å². The summed E-state index contributed by atoms with van der Waals surface area (Å²) in [6, 6.07) is 9.23. The normalized spacial score (nSPS) is 8.94. The number of hydrogen-bond acceptors (Lipinski definition) is 3. The number of carbonyl (C=O) groups excluding carboxylic acids is 1. The summed E-state index contributed by atoms with van der Waals surface area (Å²) in [7, 11) is -4.27. The first-order valence-corrected chi connectivity index (χ1v) is 5.76. The van der Waals surface area contributed by atoms with Gasteiger partial charge in [-0.1, -0.05) is 30.3 Å². The smallest absolute Gasteiger partial charge is 0.295 e. The van der Waals surface area contributed by atoms with Gasteiger partial charge in [-0.2, -0.15) is 0 Å². The SMILES string of the molecule is CC(=O)c1ccccc1.[N-]=[N+]=NS(=O)(=O)N=[N+]=[N-]. The minimum atomic E-state index is -4.27. The largest absolute Gasteiger partial charge is 0.321 e. The van der Waals surface area contributed by atoms with E-state index < -0.39 is 10.2 Å². The van der Waals surface area contributed by atoms with Crippen molar-refractivity contribution in [3.63, 3.8) is 0 Å². The second-order valence-electron chi connectivity index (χ2n) is 2.71. The van der Waals surface area contributed by atoms with Crippen molar-refractivity contribution in [2.45, 2.75) is 6.92 Å². The lowest BCUT2D eigenvalue weighted by Gasteiger charge is -1.89. The van der Waals surface area contributed by atoms with Crippen molar-refractivity contribution in [1.29, 1.82) is 0 Å². The highest BCUT2D eigenvalue weighted by Crippen LogP contribution is 1.97. The van der Waals surface area contributed by atoms with Crippen LogP contribution in [-0.2, 0) is 10.2 Å². The van der Waals surface area contributed by atoms with E-state index >= 15 is 0 Å². The molecule has 94 valence electrons. The Morgan fingerprint density at radius 3 is 1.83 bits per heavy atom. The fourth-order valence-corrected chi connectivity index (χ4v) is 0.999. The molecule has 0 radical (unpaired) electrons. The first-order valence-electron chi connectivity index (χ1n) is 4.36. The molecule has 1 aromatic carbocycles. The van der Waals surface area contributed by atoms with Gasteiger partial charge in [-0.05, 0) is 18.0 Å². The monoisotopic (exact) mass is 268 g/mol. The van der Waals surface area contributed by atoms with Gasteiger partial charge in [-0.15, -0.1) is 0 Å². The second-order valence-corrected chi connectivity index (χ2v) is 3.93. The van der Waals surface area contributed by atoms with Crippen LogP contribution in [0.2, 0.25) is 0 Å². The third-order valence-corrected chi connectivity index (χ3v) is 2.02. The molecule has 1 aromatic rings. The Balaban J connectivity index is 0.000000321. The van der Waals surface area contributed by atoms with E-state index in [2.05, 4.69) is 9.04 Å². The zero-order valence-electron chi connectivity index (χ0n) is 9.20. The number of rotatable bonds is 3. The van der Waals surface area contributed by atoms with E-state index in [9.17, 15) is 13.2 Å². The van der Waals surface area contributed by atoms with E-state index in [0.29, 0.717) is 0 Å². The van der Waals surface area contributed by atoms with Gasteiger partial charge in [0.2, 0.25) is 0 Å². The van der Waals surface area contributed by atoms with Crippen LogP contribution in [0.4, 0.5) is 0 Å². The number of Topliss-reactive ketones (excluding diaryl/α,β-unsaturated/α-hetero) is 1. The van der Waals surface area contributed by atoms with Gasteiger partial charge in [0, 0.05) is 24.4 Å². The lowest BCUT2D eigenvalue weighted by molar-refractivity contribution is 0.101. The zero-order valence-corrected chi connectivity index (χ0v) is 10.0. The summed E-state index contributed by atoms with van der Waals surface area (Å²) >= 11 is 0. The Morgan fingerprint density at radius 1 is 1.11 bits per heavy atom. The van der Waals surface area contributed by atoms with Crippen LogP contribution in [0.3, 0.4) is 0 Å². The molecule has 10 heteroatoms. The number of benzene rings is 1. The Bertz CT molecular complexity index is 575. The number of ketones is 1. The van der Waals surface area contributed by atoms with Crippen LogP contribution in [0.25, 0.3) is 20.9 Å². The first kappa shape index (κ1) is 15.5. The molecule has 0 aromatic heterocycles. The maximum absolute atomic E-state index is 10.6. The van der Waals surface area contributed by atoms with Crippen molar-refractivity contribution in [2.75, 3.05) is 0 Å². The molecule has 9 nitrogen and oxygen atoms in total. The number of nitrogens with zero attached hydrogens (tertiary/aromatic N) is 6. The third-order valence-electron chi connectivity index (χ3n) is 1.46. The summed E-state index contributed by atoms with van der Waals surface area (Å²) in [5.41, 5.74) is 15.8. The summed E-state index contributed by atoms with van der Waals surface area (Å²) in [5.74, 6) is 0.121. The minimum Gasteiger partial charge on any atom is -0.295 e. The first-order chi connectivity index (χ1) is 8.43. The van der Waals surface area contributed by atoms with E-state index in [4.69, 9.17) is 11.1 Å². The highest BCUT2D eigenvalue weighted by molar-refractivity contribution is 7.88. The molecule has 0 saturated carbocycles. The molecule has 0 heterocycles. The average molecular weight is 268 g/mol. The van der Waals surface area contributed by atoms with Gasteiger partial charge in [-0.3, -0.25) is 4.79 Å². The molecule has 18 heavy (non-hydrogen) atoms. The number of azide groups is 1. The Morgan fingerprint density at radius 2 is 1.56 bits per heavy atom. The second kappa shape index (κ2) is 7.69. The Hall–Kier alpha value is -2.54. The van der Waals surface area contributed by atoms with Gasteiger partial charge < -0.3 is 0 Å². The predicted molar refractivity (Wildman–Crippen MR) is 63.7 cm³/mol. The van der Waals surface area contributed by atoms with E-state index in [1.807, 2.05) is 40.2 Å². The van der Waals surface area contributed by atoms with Crippen LogP contribution in [0.1, 0.15) is 17.3 Å². The minimum absolute atomic E-state index is 0.121. The molecular formula is C8H8N6O3S. The fourth-order valence-electron chi connectivity index (χ4n) is 0.781. The quantitative estimate of drug-likeness (QED) is 0.359. The summed E-state index contributed by atoms with van der Waals surface area (Å²) in [6.07, 6.45) is 0. The lowest BCUT2D eigenvalue weighted by Crippen LogP contribution is -1.88. The summed E-state index contributed by atoms with van der Waals surface area (Å²) in [4.78, 5) is 14.4. The summed E-state index contributed by atoms with van der Waals surface area (Å²) in [5, 5.41) is 0. The molecular weight excluding hydrogens is 260 g/mol. The molecule has 0 saturated heterocycles. The van der Waals surface area contributed by atoms with Crippen LogP contribution in [0.15, 0.2) is 39.4 Å². The predicted octanol–water partition coefficient (Wildman–Crippen LogP) is 2.74. The maximum Gasteiger partial charge on any atom is 0.321 e. The molecule has 0 aliphatic rings. The van der Waals surface area contributed by atoms with Crippen LogP contribution in [0, 0.1) is 0 Å². The molecule has 0 amide bonds. The van der Waals surface area contributed by atoms with Gasteiger partial charge in [0.25, 0.3) is 0 Å². The van der Waals surface area contributed by atoms with Crippen LogP contribution < -0.4 is 0 Å². The molecule has 0 unspecified atom stereocenters. The van der Waals surface area contributed by atoms with Crippen molar-refractivity contribution in [3.8, 4) is 0 Å². The highest BCUT2D eigenvalue weighted by atomic mass is 32.2. The van der Waals surface area contributed by atoms with Crippen molar-refractivity contribution in [2.24, 2.45) is 9.04 Å². The van der Waals surface area contributed by atoms with E-state index in [1.165, 1.54) is 0 Å². The van der Waals surface area contributed by atoms with Crippen LogP contribution in [0.5, 0.6) is 0 Å². The molecule has 0 aliphatic carbocycles. The molecule has 0 aliphatic heterocycles. The van der Waals surface area contributed by atoms with Gasteiger partial charge in [-0.25, -0.2) is 8.42 Å². The average Bonchev–Trinajstić information content (AvgIpc) is 2.30. The van der Waals surface area contributed by atoms with E-state index in [-0.39, 0.29) is 5.78 Å². The van der Waals surface area contributed by atoms with Crippen molar-refractivity contribution < 1.29 is 13.2 Å². The summed E-state index contributed by atoms with van der Waals surface area (Å²) < 4.78 is 24.3. The van der Waals surface area contributed by atoms with Crippen molar-refractivity contribution in [3.05, 3.63) is 56.8 Å². The molecule has 0 bridgehead atoms. The lowest BCUT2D eigenvalue weighted by atomic mass is 10.2. The van der Waals surface area contributed by atoms with Crippen molar-refractivity contribution >= 4 is 16.0 Å². The summed E-state index contributed by atoms with van der Waals surface area (Å²) in [6.45, 7) is 1.56. The van der Waals surface area contributed by atoms with Gasteiger partial charge >= 0.3 is 10.2 Å². The van der Waals surface area contributed by atoms with Gasteiger partial charge in [0.05, 0.1) is 0 Å². The fraction of sp³-hybridized carbons (Fsp3) is 0.125. The topological polar surface area (TPSA) is 149 Å². The molecule has 0 fully saturated rings. The highest BCUT2D eigenvalue weighted by Gasteiger charge is 1.99. The molecule has 1 rings (SSSR count). The zero-order chi connectivity index (χ0) is 14.0. The van der Waals surface area contributed by atoms with Gasteiger partial charge in [0.1, 0.15) is 0 Å². The molecule has 0 atom stereocenters. The molecule has 0 spiro atoms. The van der Waals surface area contributed by atoms with E-state index in [1.54, 1.807) is 6.92 Å². The maximum atomic E-state index is 10.6. The Labute approximate surface area is 102 Å². The molecule has 0 N–H and O–H groups in total. The third kappa shape index (κ3) is 6.85. The van der Waals surface area contributed by atoms with Crippen molar-refractivity contribution in [1.82, 2.24) is 0 Å². The Kier molecular flexibility index (Phi) is 6.60. The number of carbonyl (C=O) groups is 1. The number of hydrogen-bond donors (Lipinski definition) is 0. The standard InChI is InChI=1S/C8H8O.N6O2S/c1-7(9)8-5-3-2-4-6-8;1-3-5-9(7,8)6-4-2/h2-6H,1H3;. The van der Waals surface area contributed by atoms with Crippen LogP contribution in [-0.4, -0.2) is 14.2 Å². The van der Waals surface area contributed by atoms with Crippen LogP contribution >= 0.6 is 0 Å². The van der Waals surface area contributed by atoms with Gasteiger partial charge in [0.15, 0.2) is 5.78 Å².